The third kappa shape index (κ3) is 6.44. The molecule has 0 aromatic carbocycles. The monoisotopic (exact) mass is 432 g/mol. The van der Waals surface area contributed by atoms with Gasteiger partial charge in [-0.15, -0.1) is 11.3 Å². The number of thiophene rings is 1. The van der Waals surface area contributed by atoms with Gasteiger partial charge in [-0.1, -0.05) is 6.07 Å². The molecule has 0 atom stereocenters. The Morgan fingerprint density at radius 2 is 1.83 bits per heavy atom. The Labute approximate surface area is 172 Å². The second kappa shape index (κ2) is 9.47. The van der Waals surface area contributed by atoms with Crippen molar-refractivity contribution in [1.29, 1.82) is 0 Å². The highest BCUT2D eigenvalue weighted by atomic mass is 32.1. The van der Waals surface area contributed by atoms with Crippen LogP contribution in [0.4, 0.5) is 13.2 Å². The molecule has 0 aliphatic carbocycles. The Morgan fingerprint density at radius 3 is 2.48 bits per heavy atom. The summed E-state index contributed by atoms with van der Waals surface area (Å²) < 4.78 is 43.0. The number of rotatable bonds is 6. The quantitative estimate of drug-likeness (QED) is 0.690. The number of carbonyl (C=O) groups is 2. The van der Waals surface area contributed by atoms with E-state index in [9.17, 15) is 22.8 Å². The predicted octanol–water partition coefficient (Wildman–Crippen LogP) is 3.63. The number of halogens is 3. The molecule has 9 heteroatoms. The lowest BCUT2D eigenvalue weighted by atomic mass is 9.89. The zero-order valence-corrected chi connectivity index (χ0v) is 17.2. The van der Waals surface area contributed by atoms with Gasteiger partial charge in [0.05, 0.1) is 18.6 Å². The van der Waals surface area contributed by atoms with Gasteiger partial charge >= 0.3 is 6.18 Å². The number of carbonyl (C=O) groups excluding carboxylic acids is 2. The zero-order chi connectivity index (χ0) is 20.9. The maximum absolute atomic E-state index is 12.6. The van der Waals surface area contributed by atoms with Gasteiger partial charge < -0.3 is 14.5 Å². The highest BCUT2D eigenvalue weighted by Crippen LogP contribution is 2.31. The van der Waals surface area contributed by atoms with Crippen molar-refractivity contribution >= 4 is 23.2 Å². The molecule has 2 saturated heterocycles. The van der Waals surface area contributed by atoms with Crippen LogP contribution in [0.1, 0.15) is 43.4 Å². The molecule has 0 unspecified atom stereocenters. The molecule has 5 nitrogen and oxygen atoms in total. The highest BCUT2D eigenvalue weighted by Gasteiger charge is 2.42. The van der Waals surface area contributed by atoms with E-state index >= 15 is 0 Å². The summed E-state index contributed by atoms with van der Waals surface area (Å²) in [6.07, 6.45) is -2.62. The molecule has 3 rings (SSSR count). The molecule has 2 fully saturated rings. The number of nitrogens with zero attached hydrogens (tertiary/aromatic N) is 2. The summed E-state index contributed by atoms with van der Waals surface area (Å²) in [5.41, 5.74) is -0.484. The van der Waals surface area contributed by atoms with E-state index in [1.165, 1.54) is 9.78 Å². The van der Waals surface area contributed by atoms with Crippen LogP contribution in [0, 0.1) is 0 Å². The molecule has 3 heterocycles. The smallest absolute Gasteiger partial charge is 0.371 e. The summed E-state index contributed by atoms with van der Waals surface area (Å²) >= 11 is 1.70. The summed E-state index contributed by atoms with van der Waals surface area (Å²) in [6, 6.07) is 4.08. The SMILES string of the molecule is O=C(CCC(F)(F)F)N1CCC2(CC1)CN(C(=O)CCCc1cccs1)CCO2. The van der Waals surface area contributed by atoms with Crippen LogP contribution in [0.15, 0.2) is 17.5 Å². The maximum atomic E-state index is 12.6. The molecule has 0 radical (unpaired) electrons. The normalized spacial score (nSPS) is 19.6. The first-order valence-corrected chi connectivity index (χ1v) is 10.9. The molecule has 2 amide bonds. The lowest BCUT2D eigenvalue weighted by molar-refractivity contribution is -0.165. The Bertz CT molecular complexity index is 686. The Hall–Kier alpha value is -1.61. The number of alkyl halides is 3. The van der Waals surface area contributed by atoms with Crippen LogP contribution in [-0.2, 0) is 20.7 Å². The number of amides is 2. The molecular weight excluding hydrogens is 405 g/mol. The van der Waals surface area contributed by atoms with E-state index in [0.717, 1.165) is 12.8 Å². The number of ether oxygens (including phenoxy) is 1. The number of aryl methyl sites for hydroxylation is 1. The van der Waals surface area contributed by atoms with Crippen LogP contribution in [0.3, 0.4) is 0 Å². The topological polar surface area (TPSA) is 49.9 Å². The first-order chi connectivity index (χ1) is 13.8. The number of hydrogen-bond acceptors (Lipinski definition) is 4. The van der Waals surface area contributed by atoms with Crippen molar-refractivity contribution in [2.24, 2.45) is 0 Å². The lowest BCUT2D eigenvalue weighted by Gasteiger charge is -2.47. The van der Waals surface area contributed by atoms with Crippen LogP contribution >= 0.6 is 11.3 Å². The van der Waals surface area contributed by atoms with Gasteiger partial charge in [-0.25, -0.2) is 0 Å². The van der Waals surface area contributed by atoms with Crippen molar-refractivity contribution in [3.05, 3.63) is 22.4 Å². The maximum Gasteiger partial charge on any atom is 0.389 e. The van der Waals surface area contributed by atoms with Gasteiger partial charge in [0, 0.05) is 43.9 Å². The Balaban J connectivity index is 1.44. The van der Waals surface area contributed by atoms with Crippen LogP contribution < -0.4 is 0 Å². The molecule has 1 aromatic rings. The van der Waals surface area contributed by atoms with Crippen LogP contribution in [0.2, 0.25) is 0 Å². The fraction of sp³-hybridized carbons (Fsp3) is 0.700. The zero-order valence-electron chi connectivity index (χ0n) is 16.4. The average molecular weight is 433 g/mol. The molecule has 0 saturated carbocycles. The summed E-state index contributed by atoms with van der Waals surface area (Å²) in [4.78, 5) is 29.2. The summed E-state index contributed by atoms with van der Waals surface area (Å²) in [7, 11) is 0. The first kappa shape index (κ1) is 22.1. The predicted molar refractivity (Wildman–Crippen MR) is 104 cm³/mol. The number of morpholine rings is 1. The number of hydrogen-bond donors (Lipinski definition) is 0. The Kier molecular flexibility index (Phi) is 7.21. The molecule has 2 aliphatic heterocycles. The molecule has 1 aromatic heterocycles. The minimum atomic E-state index is -4.32. The first-order valence-electron chi connectivity index (χ1n) is 10.1. The van der Waals surface area contributed by atoms with E-state index in [1.807, 2.05) is 16.3 Å². The van der Waals surface area contributed by atoms with Crippen molar-refractivity contribution < 1.29 is 27.5 Å². The summed E-state index contributed by atoms with van der Waals surface area (Å²) in [6.45, 7) is 2.26. The van der Waals surface area contributed by atoms with E-state index in [0.29, 0.717) is 52.0 Å². The number of likely N-dealkylation sites (tertiary alicyclic amines) is 1. The van der Waals surface area contributed by atoms with E-state index in [1.54, 1.807) is 11.3 Å². The molecule has 1 spiro atoms. The molecule has 2 aliphatic rings. The van der Waals surface area contributed by atoms with Crippen molar-refractivity contribution in [3.63, 3.8) is 0 Å². The summed E-state index contributed by atoms with van der Waals surface area (Å²) in [5, 5.41) is 2.03. The molecular formula is C20H27F3N2O3S. The van der Waals surface area contributed by atoms with Gasteiger partial charge in [0.1, 0.15) is 0 Å². The second-order valence-electron chi connectivity index (χ2n) is 7.78. The second-order valence-corrected chi connectivity index (χ2v) is 8.81. The lowest BCUT2D eigenvalue weighted by Crippen LogP contribution is -2.58. The largest absolute Gasteiger partial charge is 0.389 e. The van der Waals surface area contributed by atoms with Crippen molar-refractivity contribution in [2.75, 3.05) is 32.8 Å². The fourth-order valence-corrected chi connectivity index (χ4v) is 4.71. The van der Waals surface area contributed by atoms with E-state index in [-0.39, 0.29) is 5.91 Å². The number of piperidine rings is 1. The standard InChI is InChI=1S/C20H27F3N2O3S/c21-20(22,23)7-6-18(27)24-10-8-19(9-11-24)15-25(12-13-28-19)17(26)5-1-3-16-4-2-14-29-16/h2,4,14H,1,3,5-13,15H2. The van der Waals surface area contributed by atoms with E-state index in [4.69, 9.17) is 4.74 Å². The Morgan fingerprint density at radius 1 is 1.10 bits per heavy atom. The van der Waals surface area contributed by atoms with E-state index in [2.05, 4.69) is 6.07 Å². The molecule has 0 N–H and O–H groups in total. The van der Waals surface area contributed by atoms with Gasteiger partial charge in [-0.05, 0) is 37.1 Å². The summed E-state index contributed by atoms with van der Waals surface area (Å²) in [5.74, 6) is -0.345. The van der Waals surface area contributed by atoms with Gasteiger partial charge in [-0.2, -0.15) is 13.2 Å². The van der Waals surface area contributed by atoms with Crippen molar-refractivity contribution in [3.8, 4) is 0 Å². The average Bonchev–Trinajstić information content (AvgIpc) is 3.20. The minimum Gasteiger partial charge on any atom is -0.371 e. The fourth-order valence-electron chi connectivity index (χ4n) is 3.96. The van der Waals surface area contributed by atoms with Crippen LogP contribution in [0.5, 0.6) is 0 Å². The third-order valence-corrected chi connectivity index (χ3v) is 6.58. The molecule has 162 valence electrons. The van der Waals surface area contributed by atoms with Crippen LogP contribution in [-0.4, -0.2) is 66.2 Å². The van der Waals surface area contributed by atoms with Gasteiger partial charge in [0.25, 0.3) is 0 Å². The molecule has 0 bridgehead atoms. The highest BCUT2D eigenvalue weighted by molar-refractivity contribution is 7.09. The van der Waals surface area contributed by atoms with Gasteiger partial charge in [0.15, 0.2) is 0 Å². The minimum absolute atomic E-state index is 0.118. The van der Waals surface area contributed by atoms with Crippen molar-refractivity contribution in [2.45, 2.75) is 56.7 Å². The van der Waals surface area contributed by atoms with Crippen molar-refractivity contribution in [1.82, 2.24) is 9.80 Å². The van der Waals surface area contributed by atoms with Gasteiger partial charge in [-0.3, -0.25) is 9.59 Å². The van der Waals surface area contributed by atoms with Gasteiger partial charge in [0.2, 0.25) is 11.8 Å². The van der Waals surface area contributed by atoms with E-state index < -0.39 is 30.5 Å². The third-order valence-electron chi connectivity index (χ3n) is 5.64. The van der Waals surface area contributed by atoms with Crippen LogP contribution in [0.25, 0.3) is 0 Å². The molecule has 29 heavy (non-hydrogen) atoms.